The number of rotatable bonds is 4. The first-order valence-corrected chi connectivity index (χ1v) is 7.62. The van der Waals surface area contributed by atoms with Gasteiger partial charge < -0.3 is 10.2 Å². The lowest BCUT2D eigenvalue weighted by molar-refractivity contribution is 0.216. The maximum Gasteiger partial charge on any atom is 0.0407 e. The molecule has 1 aromatic carbocycles. The summed E-state index contributed by atoms with van der Waals surface area (Å²) < 4.78 is 0. The molecule has 0 aliphatic carbocycles. The van der Waals surface area contributed by atoms with Gasteiger partial charge in [0.25, 0.3) is 0 Å². The van der Waals surface area contributed by atoms with E-state index in [1.165, 1.54) is 44.8 Å². The Balaban J connectivity index is 1.44. The van der Waals surface area contributed by atoms with Gasteiger partial charge >= 0.3 is 0 Å². The molecule has 0 saturated carbocycles. The topological polar surface area (TPSA) is 18.5 Å². The van der Waals surface area contributed by atoms with Crippen molar-refractivity contribution in [2.45, 2.75) is 6.42 Å². The first-order chi connectivity index (χ1) is 9.31. The number of nitrogens with zero attached hydrogens (tertiary/aromatic N) is 2. The van der Waals surface area contributed by atoms with Crippen LogP contribution in [-0.4, -0.2) is 50.7 Å². The Morgan fingerprint density at radius 3 is 2.32 bits per heavy atom. The molecular weight excluding hydrogens is 258 g/mol. The highest BCUT2D eigenvalue weighted by atomic mass is 35.5. The molecule has 104 valence electrons. The van der Waals surface area contributed by atoms with E-state index in [-0.39, 0.29) is 0 Å². The lowest BCUT2D eigenvalue weighted by atomic mass is 9.99. The van der Waals surface area contributed by atoms with Crippen LogP contribution in [-0.2, 0) is 0 Å². The molecule has 2 aliphatic heterocycles. The molecule has 4 heteroatoms. The van der Waals surface area contributed by atoms with Crippen molar-refractivity contribution in [1.29, 1.82) is 0 Å². The van der Waals surface area contributed by atoms with Crippen molar-refractivity contribution < 1.29 is 0 Å². The Hall–Kier alpha value is -0.770. The summed E-state index contributed by atoms with van der Waals surface area (Å²) in [6.07, 6.45) is 1.36. The first-order valence-electron chi connectivity index (χ1n) is 7.25. The highest BCUT2D eigenvalue weighted by molar-refractivity contribution is 6.30. The fraction of sp³-hybridized carbons (Fsp3) is 0.600. The zero-order valence-corrected chi connectivity index (χ0v) is 12.1. The first kappa shape index (κ1) is 13.2. The minimum atomic E-state index is 0.816. The van der Waals surface area contributed by atoms with E-state index in [1.807, 2.05) is 12.1 Å². The molecule has 0 unspecified atom stereocenters. The minimum Gasteiger partial charge on any atom is -0.369 e. The zero-order valence-electron chi connectivity index (χ0n) is 11.3. The molecule has 3 rings (SSSR count). The number of hydrogen-bond acceptors (Lipinski definition) is 3. The van der Waals surface area contributed by atoms with Crippen LogP contribution in [0.5, 0.6) is 0 Å². The summed E-state index contributed by atoms with van der Waals surface area (Å²) in [5.41, 5.74) is 1.30. The van der Waals surface area contributed by atoms with Crippen molar-refractivity contribution in [3.8, 4) is 0 Å². The van der Waals surface area contributed by atoms with Gasteiger partial charge in [0.1, 0.15) is 0 Å². The van der Waals surface area contributed by atoms with E-state index in [0.29, 0.717) is 0 Å². The van der Waals surface area contributed by atoms with Gasteiger partial charge in [-0.3, -0.25) is 4.90 Å². The Labute approximate surface area is 120 Å². The van der Waals surface area contributed by atoms with Gasteiger partial charge in [-0.2, -0.15) is 0 Å². The van der Waals surface area contributed by atoms with Gasteiger partial charge in [0.05, 0.1) is 0 Å². The highest BCUT2D eigenvalue weighted by Crippen LogP contribution is 2.19. The van der Waals surface area contributed by atoms with E-state index < -0.39 is 0 Å². The molecule has 0 amide bonds. The Kier molecular flexibility index (Phi) is 4.26. The van der Waals surface area contributed by atoms with Crippen LogP contribution >= 0.6 is 11.6 Å². The number of piperazine rings is 1. The van der Waals surface area contributed by atoms with E-state index in [0.717, 1.165) is 24.0 Å². The van der Waals surface area contributed by atoms with Gasteiger partial charge in [0.15, 0.2) is 0 Å². The summed E-state index contributed by atoms with van der Waals surface area (Å²) in [6, 6.07) is 8.20. The molecule has 2 aliphatic rings. The van der Waals surface area contributed by atoms with Crippen molar-refractivity contribution >= 4 is 17.3 Å². The van der Waals surface area contributed by atoms with Crippen molar-refractivity contribution in [2.24, 2.45) is 5.92 Å². The molecule has 3 nitrogen and oxygen atoms in total. The normalized spacial score (nSPS) is 21.4. The van der Waals surface area contributed by atoms with Crippen LogP contribution in [0.4, 0.5) is 5.69 Å². The molecule has 0 bridgehead atoms. The van der Waals surface area contributed by atoms with E-state index in [4.69, 9.17) is 11.6 Å². The number of hydrogen-bond donors (Lipinski definition) is 1. The zero-order chi connectivity index (χ0) is 13.1. The molecule has 2 fully saturated rings. The fourth-order valence-electron chi connectivity index (χ4n) is 2.80. The standard InChI is InChI=1S/C15H22ClN3/c16-14-1-3-15(4-2-14)19-9-7-18(8-10-19)6-5-13-11-17-12-13/h1-4,13,17H,5-12H2. The average Bonchev–Trinajstić information content (AvgIpc) is 2.39. The van der Waals surface area contributed by atoms with Crippen molar-refractivity contribution in [3.05, 3.63) is 29.3 Å². The van der Waals surface area contributed by atoms with Gasteiger partial charge in [-0.05, 0) is 56.2 Å². The number of nitrogens with one attached hydrogen (secondary N) is 1. The Morgan fingerprint density at radius 1 is 1.05 bits per heavy atom. The van der Waals surface area contributed by atoms with Crippen LogP contribution in [0, 0.1) is 5.92 Å². The van der Waals surface area contributed by atoms with Crippen molar-refractivity contribution in [1.82, 2.24) is 10.2 Å². The van der Waals surface area contributed by atoms with Gasteiger partial charge in [0, 0.05) is 36.9 Å². The number of anilines is 1. The third-order valence-corrected chi connectivity index (χ3v) is 4.54. The summed E-state index contributed by atoms with van der Waals surface area (Å²) >= 11 is 5.93. The lowest BCUT2D eigenvalue weighted by Gasteiger charge is -2.37. The predicted octanol–water partition coefficient (Wildman–Crippen LogP) is 2.07. The molecule has 19 heavy (non-hydrogen) atoms. The van der Waals surface area contributed by atoms with Gasteiger partial charge in [-0.25, -0.2) is 0 Å². The fourth-order valence-corrected chi connectivity index (χ4v) is 2.93. The van der Waals surface area contributed by atoms with Crippen LogP contribution in [0.1, 0.15) is 6.42 Å². The SMILES string of the molecule is Clc1ccc(N2CCN(CCC3CNC3)CC2)cc1. The maximum atomic E-state index is 5.93. The Morgan fingerprint density at radius 2 is 1.74 bits per heavy atom. The Bertz CT molecular complexity index is 394. The summed E-state index contributed by atoms with van der Waals surface area (Å²) in [5, 5.41) is 4.16. The second-order valence-corrected chi connectivity index (χ2v) is 6.05. The van der Waals surface area contributed by atoms with Crippen molar-refractivity contribution in [2.75, 3.05) is 50.7 Å². The number of halogens is 1. The summed E-state index contributed by atoms with van der Waals surface area (Å²) in [5.74, 6) is 0.925. The van der Waals surface area contributed by atoms with Crippen LogP contribution < -0.4 is 10.2 Å². The quantitative estimate of drug-likeness (QED) is 0.910. The van der Waals surface area contributed by atoms with E-state index >= 15 is 0 Å². The van der Waals surface area contributed by atoms with Crippen LogP contribution in [0.2, 0.25) is 5.02 Å². The van der Waals surface area contributed by atoms with E-state index in [2.05, 4.69) is 27.2 Å². The third kappa shape index (κ3) is 3.41. The number of benzene rings is 1. The molecule has 2 heterocycles. The molecule has 0 radical (unpaired) electrons. The van der Waals surface area contributed by atoms with Crippen LogP contribution in [0.3, 0.4) is 0 Å². The van der Waals surface area contributed by atoms with Gasteiger partial charge in [0.2, 0.25) is 0 Å². The van der Waals surface area contributed by atoms with E-state index in [1.54, 1.807) is 0 Å². The second-order valence-electron chi connectivity index (χ2n) is 5.62. The van der Waals surface area contributed by atoms with Gasteiger partial charge in [-0.1, -0.05) is 11.6 Å². The molecule has 0 aromatic heterocycles. The second kappa shape index (κ2) is 6.12. The average molecular weight is 280 g/mol. The monoisotopic (exact) mass is 279 g/mol. The van der Waals surface area contributed by atoms with Gasteiger partial charge in [-0.15, -0.1) is 0 Å². The summed E-state index contributed by atoms with van der Waals surface area (Å²) in [6.45, 7) is 8.34. The van der Waals surface area contributed by atoms with Crippen LogP contribution in [0.25, 0.3) is 0 Å². The maximum absolute atomic E-state index is 5.93. The predicted molar refractivity (Wildman–Crippen MR) is 81.1 cm³/mol. The third-order valence-electron chi connectivity index (χ3n) is 4.28. The molecule has 1 N–H and O–H groups in total. The molecular formula is C15H22ClN3. The minimum absolute atomic E-state index is 0.816. The van der Waals surface area contributed by atoms with Crippen molar-refractivity contribution in [3.63, 3.8) is 0 Å². The van der Waals surface area contributed by atoms with Crippen LogP contribution in [0.15, 0.2) is 24.3 Å². The summed E-state index contributed by atoms with van der Waals surface area (Å²) in [7, 11) is 0. The largest absolute Gasteiger partial charge is 0.369 e. The molecule has 0 atom stereocenters. The molecule has 2 saturated heterocycles. The molecule has 1 aromatic rings. The summed E-state index contributed by atoms with van der Waals surface area (Å²) in [4.78, 5) is 5.06. The lowest BCUT2D eigenvalue weighted by Crippen LogP contribution is -2.48. The smallest absolute Gasteiger partial charge is 0.0407 e. The highest BCUT2D eigenvalue weighted by Gasteiger charge is 2.20. The molecule has 0 spiro atoms. The van der Waals surface area contributed by atoms with E-state index in [9.17, 15) is 0 Å².